The van der Waals surface area contributed by atoms with Crippen molar-refractivity contribution in [1.29, 1.82) is 0 Å². The highest BCUT2D eigenvalue weighted by Crippen LogP contribution is 2.42. The van der Waals surface area contributed by atoms with E-state index in [0.717, 1.165) is 31.0 Å². The number of hydrogen-bond donors (Lipinski definition) is 1. The molecule has 1 N–H and O–H groups in total. The van der Waals surface area contributed by atoms with Gasteiger partial charge < -0.3 is 5.32 Å². The molecular formula is C16H22FN. The zero-order valence-corrected chi connectivity index (χ0v) is 10.9. The first-order chi connectivity index (χ1) is 8.86. The van der Waals surface area contributed by atoms with E-state index in [4.69, 9.17) is 0 Å². The fourth-order valence-electron chi connectivity index (χ4n) is 3.93. The monoisotopic (exact) mass is 247 g/mol. The Labute approximate surface area is 109 Å². The molecule has 2 unspecified atom stereocenters. The SMILES string of the molecule is Fc1ccccc1C1CCNCC1C1CCCC1. The van der Waals surface area contributed by atoms with Gasteiger partial charge in [-0.05, 0) is 48.9 Å². The molecule has 1 saturated carbocycles. The topological polar surface area (TPSA) is 12.0 Å². The Bertz CT molecular complexity index is 398. The summed E-state index contributed by atoms with van der Waals surface area (Å²) in [7, 11) is 0. The van der Waals surface area contributed by atoms with Crippen LogP contribution in [0.4, 0.5) is 4.39 Å². The predicted octanol–water partition coefficient (Wildman–Crippen LogP) is 3.71. The average Bonchev–Trinajstić information content (AvgIpc) is 2.93. The van der Waals surface area contributed by atoms with Gasteiger partial charge >= 0.3 is 0 Å². The zero-order valence-electron chi connectivity index (χ0n) is 10.9. The Kier molecular flexibility index (Phi) is 3.64. The van der Waals surface area contributed by atoms with E-state index in [2.05, 4.69) is 5.32 Å². The van der Waals surface area contributed by atoms with Crippen LogP contribution >= 0.6 is 0 Å². The lowest BCUT2D eigenvalue weighted by molar-refractivity contribution is 0.227. The minimum Gasteiger partial charge on any atom is -0.316 e. The van der Waals surface area contributed by atoms with E-state index < -0.39 is 0 Å². The first kappa shape index (κ1) is 12.2. The maximum absolute atomic E-state index is 14.0. The van der Waals surface area contributed by atoms with Gasteiger partial charge in [0.25, 0.3) is 0 Å². The normalized spacial score (nSPS) is 29.6. The molecule has 1 saturated heterocycles. The summed E-state index contributed by atoms with van der Waals surface area (Å²) in [5.41, 5.74) is 0.955. The fraction of sp³-hybridized carbons (Fsp3) is 0.625. The molecule has 1 aromatic rings. The van der Waals surface area contributed by atoms with Crippen molar-refractivity contribution >= 4 is 0 Å². The molecule has 2 fully saturated rings. The summed E-state index contributed by atoms with van der Waals surface area (Å²) in [6.45, 7) is 2.10. The molecule has 0 aromatic heterocycles. The number of halogens is 1. The Morgan fingerprint density at radius 3 is 2.61 bits per heavy atom. The second-order valence-corrected chi connectivity index (χ2v) is 5.83. The second kappa shape index (κ2) is 5.40. The highest BCUT2D eigenvalue weighted by atomic mass is 19.1. The summed E-state index contributed by atoms with van der Waals surface area (Å²) >= 11 is 0. The van der Waals surface area contributed by atoms with Gasteiger partial charge in [-0.15, -0.1) is 0 Å². The maximum atomic E-state index is 14.0. The summed E-state index contributed by atoms with van der Waals surface area (Å²) in [6.07, 6.45) is 6.51. The number of hydrogen-bond acceptors (Lipinski definition) is 1. The van der Waals surface area contributed by atoms with Crippen molar-refractivity contribution in [3.8, 4) is 0 Å². The third kappa shape index (κ3) is 2.31. The van der Waals surface area contributed by atoms with Gasteiger partial charge in [0.1, 0.15) is 5.82 Å². The molecule has 18 heavy (non-hydrogen) atoms. The van der Waals surface area contributed by atoms with Crippen LogP contribution in [0.2, 0.25) is 0 Å². The highest BCUT2D eigenvalue weighted by molar-refractivity contribution is 5.23. The minimum atomic E-state index is -0.00704. The quantitative estimate of drug-likeness (QED) is 0.840. The van der Waals surface area contributed by atoms with E-state index in [1.165, 1.54) is 25.7 Å². The smallest absolute Gasteiger partial charge is 0.126 e. The summed E-state index contributed by atoms with van der Waals surface area (Å²) in [4.78, 5) is 0. The molecule has 0 amide bonds. The fourth-order valence-corrected chi connectivity index (χ4v) is 3.93. The van der Waals surface area contributed by atoms with Crippen LogP contribution in [0.25, 0.3) is 0 Å². The van der Waals surface area contributed by atoms with Gasteiger partial charge in [-0.25, -0.2) is 4.39 Å². The number of nitrogens with one attached hydrogen (secondary N) is 1. The van der Waals surface area contributed by atoms with Gasteiger partial charge in [-0.1, -0.05) is 43.9 Å². The van der Waals surface area contributed by atoms with Crippen molar-refractivity contribution in [2.24, 2.45) is 11.8 Å². The third-order valence-corrected chi connectivity index (χ3v) is 4.84. The molecule has 2 atom stereocenters. The van der Waals surface area contributed by atoms with Gasteiger partial charge in [0.05, 0.1) is 0 Å². The summed E-state index contributed by atoms with van der Waals surface area (Å²) < 4.78 is 14.0. The first-order valence-corrected chi connectivity index (χ1v) is 7.31. The van der Waals surface area contributed by atoms with E-state index in [1.54, 1.807) is 12.1 Å². The Hall–Kier alpha value is -0.890. The molecular weight excluding hydrogens is 225 g/mol. The summed E-state index contributed by atoms with van der Waals surface area (Å²) in [5.74, 6) is 1.86. The molecule has 1 heterocycles. The van der Waals surface area contributed by atoms with Crippen molar-refractivity contribution in [1.82, 2.24) is 5.32 Å². The lowest BCUT2D eigenvalue weighted by Gasteiger charge is -2.36. The predicted molar refractivity (Wildman–Crippen MR) is 72.1 cm³/mol. The van der Waals surface area contributed by atoms with E-state index in [0.29, 0.717) is 11.8 Å². The molecule has 1 nitrogen and oxygen atoms in total. The van der Waals surface area contributed by atoms with Crippen LogP contribution in [-0.2, 0) is 0 Å². The molecule has 2 aliphatic rings. The van der Waals surface area contributed by atoms with Crippen molar-refractivity contribution in [2.45, 2.75) is 38.0 Å². The van der Waals surface area contributed by atoms with Gasteiger partial charge in [0, 0.05) is 0 Å². The van der Waals surface area contributed by atoms with Crippen LogP contribution < -0.4 is 5.32 Å². The van der Waals surface area contributed by atoms with Gasteiger partial charge in [0.15, 0.2) is 0 Å². The van der Waals surface area contributed by atoms with E-state index >= 15 is 0 Å². The van der Waals surface area contributed by atoms with Crippen LogP contribution in [0.15, 0.2) is 24.3 Å². The van der Waals surface area contributed by atoms with Crippen molar-refractivity contribution in [3.63, 3.8) is 0 Å². The molecule has 3 rings (SSSR count). The lowest BCUT2D eigenvalue weighted by atomic mass is 9.73. The summed E-state index contributed by atoms with van der Waals surface area (Å²) in [6, 6.07) is 7.38. The first-order valence-electron chi connectivity index (χ1n) is 7.31. The average molecular weight is 247 g/mol. The van der Waals surface area contributed by atoms with Crippen LogP contribution in [0.3, 0.4) is 0 Å². The maximum Gasteiger partial charge on any atom is 0.126 e. The van der Waals surface area contributed by atoms with Gasteiger partial charge in [-0.2, -0.15) is 0 Å². The van der Waals surface area contributed by atoms with Crippen LogP contribution in [0.5, 0.6) is 0 Å². The van der Waals surface area contributed by atoms with Crippen molar-refractivity contribution in [2.75, 3.05) is 13.1 Å². The molecule has 0 spiro atoms. The molecule has 2 heteroatoms. The van der Waals surface area contributed by atoms with Crippen molar-refractivity contribution < 1.29 is 4.39 Å². The van der Waals surface area contributed by atoms with E-state index in [9.17, 15) is 4.39 Å². The molecule has 0 radical (unpaired) electrons. The second-order valence-electron chi connectivity index (χ2n) is 5.83. The number of rotatable bonds is 2. The third-order valence-electron chi connectivity index (χ3n) is 4.84. The minimum absolute atomic E-state index is 0.00704. The molecule has 98 valence electrons. The molecule has 1 aromatic carbocycles. The van der Waals surface area contributed by atoms with Crippen LogP contribution in [0, 0.1) is 17.7 Å². The number of benzene rings is 1. The highest BCUT2D eigenvalue weighted by Gasteiger charge is 2.34. The van der Waals surface area contributed by atoms with E-state index in [1.807, 2.05) is 12.1 Å². The number of piperidine rings is 1. The summed E-state index contributed by atoms with van der Waals surface area (Å²) in [5, 5.41) is 3.51. The Balaban J connectivity index is 1.85. The van der Waals surface area contributed by atoms with Crippen LogP contribution in [0.1, 0.15) is 43.6 Å². The van der Waals surface area contributed by atoms with Gasteiger partial charge in [-0.3, -0.25) is 0 Å². The van der Waals surface area contributed by atoms with Crippen molar-refractivity contribution in [3.05, 3.63) is 35.6 Å². The Morgan fingerprint density at radius 2 is 1.83 bits per heavy atom. The zero-order chi connectivity index (χ0) is 12.4. The van der Waals surface area contributed by atoms with Crippen LogP contribution in [-0.4, -0.2) is 13.1 Å². The standard InChI is InChI=1S/C16H22FN/c17-16-8-4-3-7-14(16)13-9-10-18-11-15(13)12-5-1-2-6-12/h3-4,7-8,12-13,15,18H,1-2,5-6,9-11H2. The van der Waals surface area contributed by atoms with E-state index in [-0.39, 0.29) is 5.82 Å². The molecule has 1 aliphatic carbocycles. The van der Waals surface area contributed by atoms with Gasteiger partial charge in [0.2, 0.25) is 0 Å². The lowest BCUT2D eigenvalue weighted by Crippen LogP contribution is -2.39. The Morgan fingerprint density at radius 1 is 1.06 bits per heavy atom. The molecule has 1 aliphatic heterocycles. The largest absolute Gasteiger partial charge is 0.316 e. The molecule has 0 bridgehead atoms.